The van der Waals surface area contributed by atoms with Crippen LogP contribution in [0, 0.1) is 5.41 Å². The molecule has 0 radical (unpaired) electrons. The molecule has 1 aliphatic rings. The van der Waals surface area contributed by atoms with Gasteiger partial charge in [0.1, 0.15) is 6.04 Å². The fourth-order valence-electron chi connectivity index (χ4n) is 2.65. The van der Waals surface area contributed by atoms with Crippen LogP contribution in [0.4, 0.5) is 4.39 Å². The number of halogens is 1. The predicted molar refractivity (Wildman–Crippen MR) is 116 cm³/mol. The van der Waals surface area contributed by atoms with Crippen LogP contribution in [0.2, 0.25) is 0 Å². The number of fused-ring (bicyclic) bond motifs is 1. The number of hydrogen-bond donors (Lipinski definition) is 2. The molecule has 7 heteroatoms. The van der Waals surface area contributed by atoms with Crippen LogP contribution in [0.25, 0.3) is 0 Å². The Morgan fingerprint density at radius 2 is 1.59 bits per heavy atom. The summed E-state index contributed by atoms with van der Waals surface area (Å²) in [4.78, 5) is 38.6. The molecular weight excluding hydrogens is 373 g/mol. The van der Waals surface area contributed by atoms with Crippen LogP contribution in [0.3, 0.4) is 0 Å². The zero-order chi connectivity index (χ0) is 23.2. The van der Waals surface area contributed by atoms with E-state index in [1.165, 1.54) is 4.90 Å². The molecule has 0 fully saturated rings. The second-order valence-corrected chi connectivity index (χ2v) is 6.50. The van der Waals surface area contributed by atoms with Crippen LogP contribution in [0.1, 0.15) is 66.0 Å². The lowest BCUT2D eigenvalue weighted by atomic mass is 9.83. The van der Waals surface area contributed by atoms with Gasteiger partial charge in [0.2, 0.25) is 5.78 Å². The lowest BCUT2D eigenvalue weighted by Gasteiger charge is -2.36. The van der Waals surface area contributed by atoms with Gasteiger partial charge < -0.3 is 4.90 Å². The second kappa shape index (κ2) is 14.7. The third-order valence-corrected chi connectivity index (χ3v) is 4.65. The lowest BCUT2D eigenvalue weighted by molar-refractivity contribution is -0.153. The van der Waals surface area contributed by atoms with Crippen molar-refractivity contribution in [2.24, 2.45) is 11.3 Å². The predicted octanol–water partition coefficient (Wildman–Crippen LogP) is 3.57. The van der Waals surface area contributed by atoms with Crippen molar-refractivity contribution in [3.8, 4) is 0 Å². The highest BCUT2D eigenvalue weighted by Gasteiger charge is 2.40. The van der Waals surface area contributed by atoms with Gasteiger partial charge in [-0.3, -0.25) is 24.2 Å². The third kappa shape index (κ3) is 7.57. The van der Waals surface area contributed by atoms with E-state index in [0.29, 0.717) is 20.0 Å². The van der Waals surface area contributed by atoms with Gasteiger partial charge in [-0.1, -0.05) is 72.7 Å². The maximum Gasteiger partial charge on any atom is 0.291 e. The third-order valence-electron chi connectivity index (χ3n) is 4.65. The molecule has 29 heavy (non-hydrogen) atoms. The first-order chi connectivity index (χ1) is 13.8. The first kappa shape index (κ1) is 28.9. The minimum atomic E-state index is -0.765. The number of carbonyl (C=O) groups is 3. The summed E-state index contributed by atoms with van der Waals surface area (Å²) < 4.78 is 9.50. The van der Waals surface area contributed by atoms with Crippen molar-refractivity contribution in [2.75, 3.05) is 7.18 Å². The number of ketones is 1. The van der Waals surface area contributed by atoms with Gasteiger partial charge in [0.25, 0.3) is 11.8 Å². The summed E-state index contributed by atoms with van der Waals surface area (Å²) in [5, 5.41) is 0. The summed E-state index contributed by atoms with van der Waals surface area (Å²) in [5.74, 6) is 3.69. The Labute approximate surface area is 175 Å². The van der Waals surface area contributed by atoms with E-state index < -0.39 is 29.1 Å². The van der Waals surface area contributed by atoms with Gasteiger partial charge in [-0.05, 0) is 17.5 Å². The topological polar surface area (TPSA) is 92.5 Å². The summed E-state index contributed by atoms with van der Waals surface area (Å²) >= 11 is 0. The average molecular weight is 412 g/mol. The molecule has 0 saturated carbocycles. The van der Waals surface area contributed by atoms with Gasteiger partial charge >= 0.3 is 0 Å². The Balaban J connectivity index is 0. The van der Waals surface area contributed by atoms with Gasteiger partial charge in [-0.25, -0.2) is 5.84 Å². The molecule has 6 nitrogen and oxygen atoms in total. The normalized spacial score (nSPS) is 14.4. The number of hydrogen-bond acceptors (Lipinski definition) is 4. The molecule has 1 aromatic carbocycles. The number of hydrazine groups is 1. The summed E-state index contributed by atoms with van der Waals surface area (Å²) in [6.07, 6.45) is 0.903. The summed E-state index contributed by atoms with van der Waals surface area (Å²) in [6, 6.07) is 6.83. The molecule has 0 aromatic heterocycles. The molecule has 1 atom stereocenters. The van der Waals surface area contributed by atoms with Crippen LogP contribution in [-0.2, 0) is 27.3 Å². The number of alkyl halides is 1. The number of nitrogens with zero attached hydrogens (tertiary/aromatic N) is 1. The minimum absolute atomic E-state index is 0.235. The monoisotopic (exact) mass is 411 g/mol. The van der Waals surface area contributed by atoms with E-state index in [4.69, 9.17) is 5.84 Å². The van der Waals surface area contributed by atoms with Crippen molar-refractivity contribution in [2.45, 2.75) is 73.9 Å². The largest absolute Gasteiger partial charge is 0.319 e. The molecule has 166 valence electrons. The van der Waals surface area contributed by atoms with E-state index >= 15 is 0 Å². The van der Waals surface area contributed by atoms with E-state index in [0.717, 1.165) is 11.1 Å². The summed E-state index contributed by atoms with van der Waals surface area (Å²) in [6.45, 7) is 13.6. The highest BCUT2D eigenvalue weighted by molar-refractivity contribution is 6.38. The number of benzene rings is 1. The number of amides is 2. The van der Waals surface area contributed by atoms with Crippen LogP contribution in [0.15, 0.2) is 24.3 Å². The van der Waals surface area contributed by atoms with Crippen molar-refractivity contribution < 1.29 is 18.8 Å². The van der Waals surface area contributed by atoms with E-state index in [1.54, 1.807) is 13.8 Å². The molecule has 1 aromatic rings. The Hall–Kier alpha value is -2.28. The van der Waals surface area contributed by atoms with Crippen molar-refractivity contribution in [3.05, 3.63) is 35.4 Å². The van der Waals surface area contributed by atoms with E-state index in [2.05, 4.69) is 5.43 Å². The quantitative estimate of drug-likeness (QED) is 0.343. The highest BCUT2D eigenvalue weighted by Crippen LogP contribution is 2.27. The van der Waals surface area contributed by atoms with Crippen LogP contribution >= 0.6 is 0 Å². The molecular formula is C22H38FN3O3. The van der Waals surface area contributed by atoms with Gasteiger partial charge in [-0.2, -0.15) is 0 Å². The number of rotatable bonds is 4. The molecule has 0 saturated heterocycles. The molecule has 0 aliphatic carbocycles. The van der Waals surface area contributed by atoms with Crippen molar-refractivity contribution in [1.29, 1.82) is 0 Å². The maximum atomic E-state index is 12.7. The van der Waals surface area contributed by atoms with Gasteiger partial charge in [-0.15, -0.1) is 0 Å². The maximum absolute atomic E-state index is 12.7. The van der Waals surface area contributed by atoms with Gasteiger partial charge in [0.05, 0.1) is 7.18 Å². The summed E-state index contributed by atoms with van der Waals surface area (Å²) in [7, 11) is 0.500. The van der Waals surface area contributed by atoms with Crippen molar-refractivity contribution in [1.82, 2.24) is 10.3 Å². The smallest absolute Gasteiger partial charge is 0.291 e. The average Bonchev–Trinajstić information content (AvgIpc) is 2.80. The molecule has 2 amide bonds. The molecule has 0 spiro atoms. The van der Waals surface area contributed by atoms with Crippen molar-refractivity contribution in [3.63, 3.8) is 0 Å². The zero-order valence-electron chi connectivity index (χ0n) is 19.1. The number of Topliss-reactive ketones (excluding diaryl/α,β-unsaturated/α-hetero) is 1. The molecule has 1 unspecified atom stereocenters. The minimum Gasteiger partial charge on any atom is -0.319 e. The van der Waals surface area contributed by atoms with Crippen LogP contribution < -0.4 is 11.3 Å². The lowest BCUT2D eigenvalue weighted by Crippen LogP contribution is -2.56. The van der Waals surface area contributed by atoms with Crippen molar-refractivity contribution >= 4 is 17.6 Å². The first-order valence-corrected chi connectivity index (χ1v) is 10.1. The summed E-state index contributed by atoms with van der Waals surface area (Å²) in [5.41, 5.74) is 3.29. The molecule has 0 bridgehead atoms. The van der Waals surface area contributed by atoms with E-state index in [9.17, 15) is 18.8 Å². The highest BCUT2D eigenvalue weighted by atomic mass is 19.1. The van der Waals surface area contributed by atoms with E-state index in [1.807, 2.05) is 58.9 Å². The van der Waals surface area contributed by atoms with E-state index in [-0.39, 0.29) is 6.54 Å². The number of nitrogens with two attached hydrogens (primary N) is 1. The standard InChI is InChI=1S/C17H23N3O3.2C2H6.CH3F/c1-4-17(2,3)14(21)16(23)20-10-12-8-6-5-7-11(12)9-13(20)15(22)19-18;3*1-2/h5-8,13H,4,9-10,18H2,1-3H3,(H,19,22);2*1-2H3;1H3. The molecule has 1 aliphatic heterocycles. The Bertz CT molecular complexity index is 648. The fraction of sp³-hybridized carbons (Fsp3) is 0.591. The van der Waals surface area contributed by atoms with Crippen LogP contribution in [0.5, 0.6) is 0 Å². The molecule has 1 heterocycles. The number of nitrogens with one attached hydrogen (secondary N) is 1. The van der Waals surface area contributed by atoms with Gasteiger partial charge in [0.15, 0.2) is 0 Å². The zero-order valence-corrected chi connectivity index (χ0v) is 19.1. The molecule has 2 rings (SSSR count). The Morgan fingerprint density at radius 1 is 1.10 bits per heavy atom. The SMILES string of the molecule is CC.CC.CCC(C)(C)C(=O)C(=O)N1Cc2ccccc2CC1C(=O)NN.CF. The van der Waals surface area contributed by atoms with Crippen LogP contribution in [-0.4, -0.2) is 35.7 Å². The van der Waals surface area contributed by atoms with Gasteiger partial charge in [0, 0.05) is 18.4 Å². The second-order valence-electron chi connectivity index (χ2n) is 6.50. The number of carbonyl (C=O) groups excluding carboxylic acids is 3. The Morgan fingerprint density at radius 3 is 2.03 bits per heavy atom. The molecule has 3 N–H and O–H groups in total. The first-order valence-electron chi connectivity index (χ1n) is 10.1. The Kier molecular flexibility index (Phi) is 14.6. The fourth-order valence-corrected chi connectivity index (χ4v) is 2.65.